The first kappa shape index (κ1) is 15.2. The van der Waals surface area contributed by atoms with Crippen molar-refractivity contribution in [3.63, 3.8) is 0 Å². The fraction of sp³-hybridized carbons (Fsp3) is 0.900. The molecule has 3 unspecified atom stereocenters. The van der Waals surface area contributed by atoms with Crippen molar-refractivity contribution in [2.45, 2.75) is 43.7 Å². The summed E-state index contributed by atoms with van der Waals surface area (Å²) in [5.74, 6) is -1.37. The molecule has 0 aromatic rings. The van der Waals surface area contributed by atoms with Gasteiger partial charge in [0.15, 0.2) is 5.54 Å². The van der Waals surface area contributed by atoms with Crippen molar-refractivity contribution in [1.29, 1.82) is 0 Å². The van der Waals surface area contributed by atoms with Crippen LogP contribution < -0.4 is 11.1 Å². The van der Waals surface area contributed by atoms with E-state index >= 15 is 0 Å². The van der Waals surface area contributed by atoms with E-state index in [1.165, 1.54) is 0 Å². The summed E-state index contributed by atoms with van der Waals surface area (Å²) < 4.78 is 42.5. The molecule has 0 aromatic heterocycles. The fourth-order valence-electron chi connectivity index (χ4n) is 1.55. The van der Waals surface area contributed by atoms with Gasteiger partial charge in [-0.05, 0) is 13.8 Å². The van der Waals surface area contributed by atoms with Gasteiger partial charge in [0.25, 0.3) is 0 Å². The third-order valence-electron chi connectivity index (χ3n) is 3.28. The first-order valence-electron chi connectivity index (χ1n) is 5.48. The normalized spacial score (nSPS) is 32.1. The fourth-order valence-corrected chi connectivity index (χ4v) is 1.55. The lowest BCUT2D eigenvalue weighted by Crippen LogP contribution is -2.63. The quantitative estimate of drug-likeness (QED) is 0.670. The summed E-state index contributed by atoms with van der Waals surface area (Å²) in [5, 5.41) is 12.0. The molecule has 18 heavy (non-hydrogen) atoms. The number of rotatable bonds is 3. The van der Waals surface area contributed by atoms with Gasteiger partial charge < -0.3 is 20.9 Å². The number of amides is 1. The Balaban J connectivity index is 2.62. The number of nitrogens with two attached hydrogens (primary N) is 1. The summed E-state index contributed by atoms with van der Waals surface area (Å²) in [6.45, 7) is 2.15. The van der Waals surface area contributed by atoms with Crippen molar-refractivity contribution < 1.29 is 27.8 Å². The topological polar surface area (TPSA) is 84.6 Å². The molecule has 106 valence electrons. The Morgan fingerprint density at radius 3 is 2.56 bits per heavy atom. The standard InChI is InChI=1S/C10H17F3N2O3/c1-6-9(17,3-4-18-6)5-15-7(16)8(2,14)10(11,12)13/h6,17H,3-5,14H2,1-2H3,(H,15,16). The molecule has 0 saturated carbocycles. The van der Waals surface area contributed by atoms with Crippen LogP contribution in [0.25, 0.3) is 0 Å². The second kappa shape index (κ2) is 4.67. The second-order valence-electron chi connectivity index (χ2n) is 4.75. The van der Waals surface area contributed by atoms with Gasteiger partial charge in [-0.15, -0.1) is 0 Å². The molecule has 0 aromatic carbocycles. The highest BCUT2D eigenvalue weighted by Gasteiger charge is 2.54. The van der Waals surface area contributed by atoms with E-state index in [0.29, 0.717) is 13.5 Å². The molecule has 3 atom stereocenters. The van der Waals surface area contributed by atoms with Crippen LogP contribution in [0.15, 0.2) is 0 Å². The number of nitrogens with one attached hydrogen (secondary N) is 1. The first-order valence-corrected chi connectivity index (χ1v) is 5.48. The number of halogens is 3. The van der Waals surface area contributed by atoms with Crippen LogP contribution in [0.3, 0.4) is 0 Å². The maximum Gasteiger partial charge on any atom is 0.415 e. The van der Waals surface area contributed by atoms with Crippen molar-refractivity contribution in [2.75, 3.05) is 13.2 Å². The molecule has 8 heteroatoms. The Bertz CT molecular complexity index is 333. The van der Waals surface area contributed by atoms with Crippen LogP contribution in [-0.4, -0.2) is 47.6 Å². The molecule has 1 heterocycles. The first-order chi connectivity index (χ1) is 8.01. The van der Waals surface area contributed by atoms with E-state index in [1.54, 1.807) is 6.92 Å². The highest BCUT2D eigenvalue weighted by molar-refractivity contribution is 5.86. The molecule has 1 aliphatic heterocycles. The molecular formula is C10H17F3N2O3. The smallest absolute Gasteiger partial charge is 0.385 e. The third kappa shape index (κ3) is 2.76. The van der Waals surface area contributed by atoms with Crippen LogP contribution in [0.1, 0.15) is 20.3 Å². The van der Waals surface area contributed by atoms with E-state index in [9.17, 15) is 23.1 Å². The van der Waals surface area contributed by atoms with Gasteiger partial charge in [-0.1, -0.05) is 0 Å². The second-order valence-corrected chi connectivity index (χ2v) is 4.75. The van der Waals surface area contributed by atoms with Crippen molar-refractivity contribution in [3.05, 3.63) is 0 Å². The van der Waals surface area contributed by atoms with Gasteiger partial charge in [0.2, 0.25) is 5.91 Å². The van der Waals surface area contributed by atoms with E-state index in [-0.39, 0.29) is 13.0 Å². The molecule has 1 aliphatic rings. The molecule has 0 bridgehead atoms. The zero-order valence-corrected chi connectivity index (χ0v) is 10.2. The average Bonchev–Trinajstić information content (AvgIpc) is 2.55. The third-order valence-corrected chi connectivity index (χ3v) is 3.28. The van der Waals surface area contributed by atoms with E-state index in [0.717, 1.165) is 0 Å². The van der Waals surface area contributed by atoms with Crippen molar-refractivity contribution in [3.8, 4) is 0 Å². The van der Waals surface area contributed by atoms with Crippen LogP contribution in [0, 0.1) is 0 Å². The van der Waals surface area contributed by atoms with Crippen LogP contribution in [0.2, 0.25) is 0 Å². The highest BCUT2D eigenvalue weighted by atomic mass is 19.4. The monoisotopic (exact) mass is 270 g/mol. The summed E-state index contributed by atoms with van der Waals surface area (Å²) >= 11 is 0. The van der Waals surface area contributed by atoms with Crippen LogP contribution >= 0.6 is 0 Å². The average molecular weight is 270 g/mol. The lowest BCUT2D eigenvalue weighted by atomic mass is 9.95. The van der Waals surface area contributed by atoms with E-state index in [1.807, 2.05) is 5.32 Å². The molecule has 1 amide bonds. The predicted molar refractivity (Wildman–Crippen MR) is 56.6 cm³/mol. The van der Waals surface area contributed by atoms with Gasteiger partial charge in [0, 0.05) is 19.6 Å². The maximum atomic E-state index is 12.5. The molecule has 1 fully saturated rings. The number of hydrogen-bond donors (Lipinski definition) is 3. The van der Waals surface area contributed by atoms with Crippen molar-refractivity contribution >= 4 is 5.91 Å². The Labute approximate surface area is 102 Å². The number of aliphatic hydroxyl groups is 1. The Morgan fingerprint density at radius 1 is 1.61 bits per heavy atom. The predicted octanol–water partition coefficient (Wildman–Crippen LogP) is -0.0778. The van der Waals surface area contributed by atoms with Gasteiger partial charge in [-0.25, -0.2) is 0 Å². The zero-order valence-electron chi connectivity index (χ0n) is 10.2. The molecular weight excluding hydrogens is 253 g/mol. The highest BCUT2D eigenvalue weighted by Crippen LogP contribution is 2.29. The molecule has 0 spiro atoms. The minimum absolute atomic E-state index is 0.252. The van der Waals surface area contributed by atoms with Crippen molar-refractivity contribution in [1.82, 2.24) is 5.32 Å². The van der Waals surface area contributed by atoms with Gasteiger partial charge >= 0.3 is 6.18 Å². The maximum absolute atomic E-state index is 12.5. The van der Waals surface area contributed by atoms with Crippen LogP contribution in [-0.2, 0) is 9.53 Å². The van der Waals surface area contributed by atoms with Crippen molar-refractivity contribution in [2.24, 2.45) is 5.73 Å². The summed E-state index contributed by atoms with van der Waals surface area (Å²) in [7, 11) is 0. The number of ether oxygens (including phenoxy) is 1. The lowest BCUT2D eigenvalue weighted by molar-refractivity contribution is -0.188. The van der Waals surface area contributed by atoms with E-state index in [4.69, 9.17) is 10.5 Å². The molecule has 4 N–H and O–H groups in total. The number of hydrogen-bond acceptors (Lipinski definition) is 4. The Morgan fingerprint density at radius 2 is 2.17 bits per heavy atom. The minimum atomic E-state index is -4.85. The Kier molecular flexibility index (Phi) is 3.94. The SMILES string of the molecule is CC1OCCC1(O)CNC(=O)C(C)(N)C(F)(F)F. The largest absolute Gasteiger partial charge is 0.415 e. The zero-order chi connectivity index (χ0) is 14.2. The van der Waals surface area contributed by atoms with Gasteiger partial charge in [-0.3, -0.25) is 4.79 Å². The molecule has 1 saturated heterocycles. The summed E-state index contributed by atoms with van der Waals surface area (Å²) in [5.41, 5.74) is 0.620. The van der Waals surface area contributed by atoms with Crippen LogP contribution in [0.5, 0.6) is 0 Å². The molecule has 0 aliphatic carbocycles. The molecule has 1 rings (SSSR count). The summed E-state index contributed by atoms with van der Waals surface area (Å²) in [6.07, 6.45) is -5.15. The van der Waals surface area contributed by atoms with E-state index in [2.05, 4.69) is 0 Å². The number of alkyl halides is 3. The minimum Gasteiger partial charge on any atom is -0.385 e. The van der Waals surface area contributed by atoms with Crippen LogP contribution in [0.4, 0.5) is 13.2 Å². The van der Waals surface area contributed by atoms with Gasteiger partial charge in [0.1, 0.15) is 5.60 Å². The Hall–Kier alpha value is -0.860. The number of carbonyl (C=O) groups excluding carboxylic acids is 1. The number of carbonyl (C=O) groups is 1. The van der Waals surface area contributed by atoms with Gasteiger partial charge in [-0.2, -0.15) is 13.2 Å². The van der Waals surface area contributed by atoms with Gasteiger partial charge in [0.05, 0.1) is 6.10 Å². The molecule has 5 nitrogen and oxygen atoms in total. The summed E-state index contributed by atoms with van der Waals surface area (Å²) in [4.78, 5) is 11.4. The molecule has 0 radical (unpaired) electrons. The summed E-state index contributed by atoms with van der Waals surface area (Å²) in [6, 6.07) is 0. The lowest BCUT2D eigenvalue weighted by Gasteiger charge is -2.30. The van der Waals surface area contributed by atoms with E-state index < -0.39 is 29.3 Å².